The molecule has 0 saturated carbocycles. The summed E-state index contributed by atoms with van der Waals surface area (Å²) in [6, 6.07) is 10.3. The molecule has 4 rings (SSSR count). The van der Waals surface area contributed by atoms with Crippen LogP contribution in [-0.4, -0.2) is 65.0 Å². The van der Waals surface area contributed by atoms with Crippen molar-refractivity contribution in [2.75, 3.05) is 38.0 Å². The van der Waals surface area contributed by atoms with Gasteiger partial charge in [-0.15, -0.1) is 0 Å². The Labute approximate surface area is 183 Å². The van der Waals surface area contributed by atoms with Crippen molar-refractivity contribution in [3.63, 3.8) is 0 Å². The smallest absolute Gasteiger partial charge is 0.245 e. The van der Waals surface area contributed by atoms with Crippen molar-refractivity contribution >= 4 is 56.0 Å². The highest BCUT2D eigenvalue weighted by Crippen LogP contribution is 2.25. The number of halogens is 1. The number of aromatic nitrogens is 2. The lowest BCUT2D eigenvalue weighted by Crippen LogP contribution is -2.50. The molecular weight excluding hydrogens is 446 g/mol. The van der Waals surface area contributed by atoms with E-state index in [1.165, 1.54) is 4.31 Å². The molecule has 11 heteroatoms. The summed E-state index contributed by atoms with van der Waals surface area (Å²) >= 11 is 7.09. The number of aryl methyl sites for hydroxylation is 1. The SMILES string of the molecule is Cc1ccc(NC(=O)CN2CCN(S(=O)(=O)c3cccc4nsnc34)CC2)cc1Cl. The maximum absolute atomic E-state index is 13.1. The van der Waals surface area contributed by atoms with E-state index in [0.29, 0.717) is 47.9 Å². The van der Waals surface area contributed by atoms with E-state index < -0.39 is 10.0 Å². The van der Waals surface area contributed by atoms with Crippen molar-refractivity contribution in [2.45, 2.75) is 11.8 Å². The fraction of sp³-hybridized carbons (Fsp3) is 0.316. The van der Waals surface area contributed by atoms with E-state index in [1.807, 2.05) is 17.9 Å². The number of nitrogens with zero attached hydrogens (tertiary/aromatic N) is 4. The van der Waals surface area contributed by atoms with Crippen molar-refractivity contribution < 1.29 is 13.2 Å². The van der Waals surface area contributed by atoms with Crippen molar-refractivity contribution in [3.8, 4) is 0 Å². The molecule has 1 aliphatic heterocycles. The number of sulfonamides is 1. The molecule has 0 bridgehead atoms. The predicted octanol–water partition coefficient (Wildman–Crippen LogP) is 2.60. The standard InChI is InChI=1S/C19H20ClN5O3S2/c1-13-5-6-14(11-15(13)20)21-18(26)12-24-7-9-25(10-8-24)30(27,28)17-4-2-3-16-19(17)23-29-22-16/h2-6,11H,7-10,12H2,1H3,(H,21,26). The van der Waals surface area contributed by atoms with Crippen molar-refractivity contribution in [1.82, 2.24) is 18.0 Å². The molecule has 1 aromatic heterocycles. The number of fused-ring (bicyclic) bond motifs is 1. The first-order valence-electron chi connectivity index (χ1n) is 9.34. The van der Waals surface area contributed by atoms with Gasteiger partial charge in [-0.25, -0.2) is 8.42 Å². The molecule has 1 fully saturated rings. The summed E-state index contributed by atoms with van der Waals surface area (Å²) in [6.07, 6.45) is 0. The average molecular weight is 466 g/mol. The van der Waals surface area contributed by atoms with Crippen LogP contribution in [0.25, 0.3) is 11.0 Å². The summed E-state index contributed by atoms with van der Waals surface area (Å²) in [5.41, 5.74) is 2.56. The number of nitrogens with one attached hydrogen (secondary N) is 1. The predicted molar refractivity (Wildman–Crippen MR) is 117 cm³/mol. The topological polar surface area (TPSA) is 95.5 Å². The van der Waals surface area contributed by atoms with Gasteiger partial charge < -0.3 is 5.32 Å². The van der Waals surface area contributed by atoms with E-state index in [2.05, 4.69) is 14.1 Å². The van der Waals surface area contributed by atoms with Crippen LogP contribution in [0.2, 0.25) is 5.02 Å². The molecule has 30 heavy (non-hydrogen) atoms. The van der Waals surface area contributed by atoms with Crippen LogP contribution in [0.4, 0.5) is 5.69 Å². The van der Waals surface area contributed by atoms with Crippen LogP contribution >= 0.6 is 23.3 Å². The van der Waals surface area contributed by atoms with Gasteiger partial charge in [0, 0.05) is 36.9 Å². The molecule has 1 saturated heterocycles. The molecule has 1 N–H and O–H groups in total. The summed E-state index contributed by atoms with van der Waals surface area (Å²) in [4.78, 5) is 14.5. The largest absolute Gasteiger partial charge is 0.325 e. The van der Waals surface area contributed by atoms with Gasteiger partial charge in [0.05, 0.1) is 18.3 Å². The van der Waals surface area contributed by atoms with Gasteiger partial charge in [-0.05, 0) is 36.8 Å². The van der Waals surface area contributed by atoms with Crippen LogP contribution in [0.1, 0.15) is 5.56 Å². The highest BCUT2D eigenvalue weighted by Gasteiger charge is 2.31. The Kier molecular flexibility index (Phi) is 6.03. The van der Waals surface area contributed by atoms with Gasteiger partial charge in [-0.2, -0.15) is 13.1 Å². The Balaban J connectivity index is 1.37. The zero-order valence-electron chi connectivity index (χ0n) is 16.2. The van der Waals surface area contributed by atoms with Crippen molar-refractivity contribution in [2.24, 2.45) is 0 Å². The number of hydrogen-bond donors (Lipinski definition) is 1. The normalized spacial score (nSPS) is 16.1. The minimum absolute atomic E-state index is 0.162. The van der Waals surface area contributed by atoms with Crippen molar-refractivity contribution in [3.05, 3.63) is 47.0 Å². The van der Waals surface area contributed by atoms with Crippen LogP contribution in [0.5, 0.6) is 0 Å². The second-order valence-electron chi connectivity index (χ2n) is 7.08. The minimum atomic E-state index is -3.67. The number of anilines is 1. The lowest BCUT2D eigenvalue weighted by atomic mass is 10.2. The number of amides is 1. The Bertz CT molecular complexity index is 1190. The second kappa shape index (κ2) is 8.56. The molecule has 8 nitrogen and oxygen atoms in total. The van der Waals surface area contributed by atoms with Gasteiger partial charge in [-0.3, -0.25) is 9.69 Å². The zero-order valence-corrected chi connectivity index (χ0v) is 18.6. The maximum atomic E-state index is 13.1. The fourth-order valence-electron chi connectivity index (χ4n) is 3.33. The first kappa shape index (κ1) is 21.1. The number of benzene rings is 2. The third kappa shape index (κ3) is 4.33. The molecule has 3 aromatic rings. The number of carbonyl (C=O) groups excluding carboxylic acids is 1. The first-order valence-corrected chi connectivity index (χ1v) is 11.9. The molecule has 0 unspecified atom stereocenters. The van der Waals surface area contributed by atoms with E-state index in [9.17, 15) is 13.2 Å². The second-order valence-corrected chi connectivity index (χ2v) is 9.92. The lowest BCUT2D eigenvalue weighted by molar-refractivity contribution is -0.117. The van der Waals surface area contributed by atoms with Crippen molar-refractivity contribution in [1.29, 1.82) is 0 Å². The summed E-state index contributed by atoms with van der Waals surface area (Å²) in [7, 11) is -3.67. The number of piperazine rings is 1. The Hall–Kier alpha value is -2.11. The van der Waals surface area contributed by atoms with Gasteiger partial charge in [0.2, 0.25) is 15.9 Å². The van der Waals surface area contributed by atoms with Crippen LogP contribution < -0.4 is 5.32 Å². The van der Waals surface area contributed by atoms with E-state index in [-0.39, 0.29) is 17.3 Å². The van der Waals surface area contributed by atoms with E-state index in [0.717, 1.165) is 17.3 Å². The molecule has 2 aromatic carbocycles. The molecule has 2 heterocycles. The van der Waals surface area contributed by atoms with Gasteiger partial charge >= 0.3 is 0 Å². The third-order valence-corrected chi connectivity index (χ3v) is 7.90. The first-order chi connectivity index (χ1) is 14.3. The van der Waals surface area contributed by atoms with Crippen LogP contribution in [0, 0.1) is 6.92 Å². The van der Waals surface area contributed by atoms with E-state index in [4.69, 9.17) is 11.6 Å². The molecule has 1 amide bonds. The number of hydrogen-bond acceptors (Lipinski definition) is 7. The number of rotatable bonds is 5. The fourth-order valence-corrected chi connectivity index (χ4v) is 5.69. The van der Waals surface area contributed by atoms with E-state index in [1.54, 1.807) is 30.3 Å². The zero-order chi connectivity index (χ0) is 21.3. The highest BCUT2D eigenvalue weighted by molar-refractivity contribution is 7.89. The summed E-state index contributed by atoms with van der Waals surface area (Å²) in [6.45, 7) is 3.62. The molecule has 158 valence electrons. The average Bonchev–Trinajstić information content (AvgIpc) is 3.20. The van der Waals surface area contributed by atoms with Gasteiger partial charge in [-0.1, -0.05) is 23.7 Å². The van der Waals surface area contributed by atoms with Gasteiger partial charge in [0.25, 0.3) is 0 Å². The molecular formula is C19H20ClN5O3S2. The highest BCUT2D eigenvalue weighted by atomic mass is 35.5. The van der Waals surface area contributed by atoms with Gasteiger partial charge in [0.15, 0.2) is 0 Å². The minimum Gasteiger partial charge on any atom is -0.325 e. The summed E-state index contributed by atoms with van der Waals surface area (Å²) < 4.78 is 35.9. The van der Waals surface area contributed by atoms with E-state index >= 15 is 0 Å². The Morgan fingerprint density at radius 3 is 2.67 bits per heavy atom. The third-order valence-electron chi connectivity index (χ3n) is 5.02. The summed E-state index contributed by atoms with van der Waals surface area (Å²) in [5.74, 6) is -0.162. The monoisotopic (exact) mass is 465 g/mol. The van der Waals surface area contributed by atoms with Gasteiger partial charge in [0.1, 0.15) is 15.9 Å². The molecule has 1 aliphatic rings. The maximum Gasteiger partial charge on any atom is 0.245 e. The van der Waals surface area contributed by atoms with Crippen LogP contribution in [0.15, 0.2) is 41.3 Å². The number of carbonyl (C=O) groups is 1. The van der Waals surface area contributed by atoms with Crippen LogP contribution in [0.3, 0.4) is 0 Å². The molecule has 0 radical (unpaired) electrons. The Morgan fingerprint density at radius 1 is 1.17 bits per heavy atom. The molecule has 0 atom stereocenters. The summed E-state index contributed by atoms with van der Waals surface area (Å²) in [5, 5.41) is 3.43. The lowest BCUT2D eigenvalue weighted by Gasteiger charge is -2.33. The van der Waals surface area contributed by atoms with Crippen LogP contribution in [-0.2, 0) is 14.8 Å². The Morgan fingerprint density at radius 2 is 1.93 bits per heavy atom. The molecule has 0 spiro atoms. The quantitative estimate of drug-likeness (QED) is 0.622. The molecule has 0 aliphatic carbocycles.